The highest BCUT2D eigenvalue weighted by atomic mass is 16.5. The SMILES string of the molecule is c1ccc2c(c1)cnn2[C]1NCCO1. The first kappa shape index (κ1) is 7.96. The molecule has 0 bridgehead atoms. The van der Waals surface area contributed by atoms with Crippen molar-refractivity contribution in [2.45, 2.75) is 0 Å². The van der Waals surface area contributed by atoms with E-state index >= 15 is 0 Å². The molecule has 0 saturated carbocycles. The number of aromatic nitrogens is 2. The molecule has 14 heavy (non-hydrogen) atoms. The molecule has 3 rings (SSSR count). The number of benzene rings is 1. The highest BCUT2D eigenvalue weighted by Crippen LogP contribution is 2.17. The molecule has 1 fully saturated rings. The van der Waals surface area contributed by atoms with Crippen molar-refractivity contribution in [3.8, 4) is 0 Å². The standard InChI is InChI=1S/C10H10N3O/c1-2-4-9-8(3-1)7-12-13(9)10-11-5-6-14-10/h1-4,7,11H,5-6H2. The van der Waals surface area contributed by atoms with Crippen molar-refractivity contribution in [1.82, 2.24) is 15.1 Å². The van der Waals surface area contributed by atoms with Gasteiger partial charge in [0.1, 0.15) is 0 Å². The van der Waals surface area contributed by atoms with Gasteiger partial charge in [0.15, 0.2) is 0 Å². The number of hydrogen-bond donors (Lipinski definition) is 1. The Labute approximate surface area is 81.5 Å². The van der Waals surface area contributed by atoms with Crippen molar-refractivity contribution in [2.75, 3.05) is 13.2 Å². The van der Waals surface area contributed by atoms with Crippen molar-refractivity contribution in [1.29, 1.82) is 0 Å². The van der Waals surface area contributed by atoms with Gasteiger partial charge in [-0.1, -0.05) is 18.2 Å². The summed E-state index contributed by atoms with van der Waals surface area (Å²) in [6, 6.07) is 8.06. The molecule has 1 radical (unpaired) electrons. The fourth-order valence-corrected chi connectivity index (χ4v) is 1.63. The Morgan fingerprint density at radius 2 is 2.29 bits per heavy atom. The van der Waals surface area contributed by atoms with Crippen LogP contribution in [0.5, 0.6) is 0 Å². The van der Waals surface area contributed by atoms with Crippen molar-refractivity contribution in [3.05, 3.63) is 36.8 Å². The molecule has 0 aliphatic carbocycles. The number of nitrogens with one attached hydrogen (secondary N) is 1. The predicted octanol–water partition coefficient (Wildman–Crippen LogP) is 0.951. The van der Waals surface area contributed by atoms with Crippen LogP contribution < -0.4 is 5.32 Å². The van der Waals surface area contributed by atoms with E-state index in [0.717, 1.165) is 23.8 Å². The maximum Gasteiger partial charge on any atom is 0.285 e. The summed E-state index contributed by atoms with van der Waals surface area (Å²) in [6.07, 6.45) is 2.57. The van der Waals surface area contributed by atoms with E-state index < -0.39 is 0 Å². The van der Waals surface area contributed by atoms with Crippen molar-refractivity contribution in [2.24, 2.45) is 0 Å². The molecule has 1 saturated heterocycles. The van der Waals surface area contributed by atoms with Gasteiger partial charge < -0.3 is 4.74 Å². The minimum atomic E-state index is 0.712. The van der Waals surface area contributed by atoms with Crippen LogP contribution in [0, 0.1) is 6.35 Å². The summed E-state index contributed by atoms with van der Waals surface area (Å²) < 4.78 is 7.21. The zero-order valence-corrected chi connectivity index (χ0v) is 7.60. The zero-order chi connectivity index (χ0) is 9.38. The molecule has 0 spiro atoms. The molecular formula is C10H10N3O. The molecule has 2 aromatic rings. The van der Waals surface area contributed by atoms with Gasteiger partial charge in [-0.15, -0.1) is 0 Å². The molecular weight excluding hydrogens is 178 g/mol. The fraction of sp³-hybridized carbons (Fsp3) is 0.200. The molecule has 0 amide bonds. The predicted molar refractivity (Wildman–Crippen MR) is 52.3 cm³/mol. The lowest BCUT2D eigenvalue weighted by Gasteiger charge is -2.08. The summed E-state index contributed by atoms with van der Waals surface area (Å²) in [4.78, 5) is 0. The van der Waals surface area contributed by atoms with Crippen molar-refractivity contribution >= 4 is 10.9 Å². The first-order chi connectivity index (χ1) is 6.95. The van der Waals surface area contributed by atoms with Gasteiger partial charge >= 0.3 is 0 Å². The first-order valence-corrected chi connectivity index (χ1v) is 4.62. The first-order valence-electron chi connectivity index (χ1n) is 4.62. The number of fused-ring (bicyclic) bond motifs is 1. The highest BCUT2D eigenvalue weighted by Gasteiger charge is 2.20. The average Bonchev–Trinajstić information content (AvgIpc) is 2.85. The summed E-state index contributed by atoms with van der Waals surface area (Å²) in [5.74, 6) is 0. The van der Waals surface area contributed by atoms with Crippen LogP contribution in [0.4, 0.5) is 0 Å². The molecule has 71 valence electrons. The third kappa shape index (κ3) is 1.12. The minimum absolute atomic E-state index is 0.712. The quantitative estimate of drug-likeness (QED) is 0.724. The van der Waals surface area contributed by atoms with Crippen LogP contribution in [-0.4, -0.2) is 22.9 Å². The van der Waals surface area contributed by atoms with E-state index in [0.29, 0.717) is 6.61 Å². The lowest BCUT2D eigenvalue weighted by atomic mass is 10.3. The minimum Gasteiger partial charge on any atom is -0.335 e. The number of rotatable bonds is 1. The third-order valence-electron chi connectivity index (χ3n) is 2.29. The topological polar surface area (TPSA) is 39.1 Å². The molecule has 4 heteroatoms. The van der Waals surface area contributed by atoms with Crippen LogP contribution in [0.1, 0.15) is 0 Å². The highest BCUT2D eigenvalue weighted by molar-refractivity contribution is 5.78. The maximum atomic E-state index is 5.41. The Kier molecular flexibility index (Phi) is 1.75. The summed E-state index contributed by atoms with van der Waals surface area (Å²) in [7, 11) is 0. The third-order valence-corrected chi connectivity index (χ3v) is 2.29. The fourth-order valence-electron chi connectivity index (χ4n) is 1.63. The van der Waals surface area contributed by atoms with E-state index in [1.165, 1.54) is 0 Å². The van der Waals surface area contributed by atoms with Gasteiger partial charge in [0.2, 0.25) is 0 Å². The van der Waals surface area contributed by atoms with E-state index in [-0.39, 0.29) is 0 Å². The molecule has 0 atom stereocenters. The Morgan fingerprint density at radius 1 is 1.36 bits per heavy atom. The van der Waals surface area contributed by atoms with Gasteiger partial charge in [-0.2, -0.15) is 5.10 Å². The smallest absolute Gasteiger partial charge is 0.285 e. The molecule has 2 heterocycles. The maximum absolute atomic E-state index is 5.41. The van der Waals surface area contributed by atoms with Gasteiger partial charge in [0.25, 0.3) is 6.35 Å². The number of hydrogen-bond acceptors (Lipinski definition) is 3. The summed E-state index contributed by atoms with van der Waals surface area (Å²) in [5.41, 5.74) is 1.07. The molecule has 1 aromatic heterocycles. The van der Waals surface area contributed by atoms with Gasteiger partial charge in [0.05, 0.1) is 18.3 Å². The van der Waals surface area contributed by atoms with Crippen LogP contribution in [0.3, 0.4) is 0 Å². The van der Waals surface area contributed by atoms with E-state index in [1.54, 1.807) is 4.68 Å². The van der Waals surface area contributed by atoms with E-state index in [4.69, 9.17) is 4.74 Å². The number of para-hydroxylation sites is 1. The number of nitrogens with zero attached hydrogens (tertiary/aromatic N) is 2. The summed E-state index contributed by atoms with van der Waals surface area (Å²) in [5, 5.41) is 8.54. The Balaban J connectivity index is 2.11. The molecule has 0 unspecified atom stereocenters. The molecule has 1 N–H and O–H groups in total. The van der Waals surface area contributed by atoms with Crippen LogP contribution in [-0.2, 0) is 4.74 Å². The van der Waals surface area contributed by atoms with E-state index in [2.05, 4.69) is 10.4 Å². The second-order valence-electron chi connectivity index (χ2n) is 3.20. The molecule has 1 aliphatic heterocycles. The molecule has 1 aromatic carbocycles. The van der Waals surface area contributed by atoms with Crippen LogP contribution in [0.2, 0.25) is 0 Å². The van der Waals surface area contributed by atoms with Gasteiger partial charge in [-0.3, -0.25) is 5.32 Å². The second kappa shape index (κ2) is 3.08. The van der Waals surface area contributed by atoms with Gasteiger partial charge in [-0.25, -0.2) is 4.68 Å². The van der Waals surface area contributed by atoms with Crippen LogP contribution in [0.25, 0.3) is 10.9 Å². The van der Waals surface area contributed by atoms with Crippen LogP contribution >= 0.6 is 0 Å². The van der Waals surface area contributed by atoms with Gasteiger partial charge in [0, 0.05) is 11.9 Å². The lowest BCUT2D eigenvalue weighted by Crippen LogP contribution is -2.22. The average molecular weight is 188 g/mol. The molecule has 1 aliphatic rings. The van der Waals surface area contributed by atoms with E-state index in [1.807, 2.05) is 30.5 Å². The summed E-state index contributed by atoms with van der Waals surface area (Å²) in [6.45, 7) is 1.56. The summed E-state index contributed by atoms with van der Waals surface area (Å²) >= 11 is 0. The second-order valence-corrected chi connectivity index (χ2v) is 3.20. The van der Waals surface area contributed by atoms with Crippen molar-refractivity contribution < 1.29 is 4.74 Å². The monoisotopic (exact) mass is 188 g/mol. The van der Waals surface area contributed by atoms with E-state index in [9.17, 15) is 0 Å². The van der Waals surface area contributed by atoms with Crippen molar-refractivity contribution in [3.63, 3.8) is 0 Å². The molecule has 4 nitrogen and oxygen atoms in total. The largest absolute Gasteiger partial charge is 0.335 e. The Hall–Kier alpha value is -1.39. The van der Waals surface area contributed by atoms with Gasteiger partial charge in [-0.05, 0) is 6.07 Å². The number of ether oxygens (including phenoxy) is 1. The Bertz CT molecular complexity index is 445. The Morgan fingerprint density at radius 3 is 3.14 bits per heavy atom. The lowest BCUT2D eigenvalue weighted by molar-refractivity contribution is 0.166. The van der Waals surface area contributed by atoms with Crippen LogP contribution in [0.15, 0.2) is 30.5 Å². The zero-order valence-electron chi connectivity index (χ0n) is 7.60. The normalized spacial score (nSPS) is 18.0.